The molecule has 1 atom stereocenters. The Morgan fingerprint density at radius 1 is 1.33 bits per heavy atom. The first-order valence-electron chi connectivity index (χ1n) is 6.39. The number of carboxylic acids is 1. The molecule has 0 heterocycles. The molecule has 1 rings (SSSR count). The number of hydrogen-bond donors (Lipinski definition) is 3. The molecule has 1 amide bonds. The van der Waals surface area contributed by atoms with Crippen molar-refractivity contribution in [2.24, 2.45) is 0 Å². The number of carboxylic acid groups (broad SMARTS) is 1. The number of carbonyl (C=O) groups is 2. The van der Waals surface area contributed by atoms with Gasteiger partial charge in [-0.2, -0.15) is 0 Å². The van der Waals surface area contributed by atoms with Crippen LogP contribution in [0.4, 0.5) is 0 Å². The Kier molecular flexibility index (Phi) is 6.48. The van der Waals surface area contributed by atoms with Gasteiger partial charge >= 0.3 is 5.97 Å². The number of benzene rings is 1. The highest BCUT2D eigenvalue weighted by Crippen LogP contribution is 2.23. The Balaban J connectivity index is 2.75. The zero-order valence-corrected chi connectivity index (χ0v) is 12.0. The highest BCUT2D eigenvalue weighted by atomic mass is 16.5. The van der Waals surface area contributed by atoms with Crippen LogP contribution < -0.4 is 10.1 Å². The first kappa shape index (κ1) is 16.8. The van der Waals surface area contributed by atoms with Gasteiger partial charge in [-0.3, -0.25) is 4.79 Å². The number of phenols is 1. The minimum atomic E-state index is -1.13. The lowest BCUT2D eigenvalue weighted by molar-refractivity contribution is -0.139. The maximum absolute atomic E-state index is 12.0. The molecule has 7 heteroatoms. The molecule has 0 aliphatic heterocycles. The minimum Gasteiger partial charge on any atom is -0.507 e. The molecule has 0 bridgehead atoms. The quantitative estimate of drug-likeness (QED) is 0.618. The first-order valence-corrected chi connectivity index (χ1v) is 6.39. The number of nitrogens with one attached hydrogen (secondary N) is 1. The van der Waals surface area contributed by atoms with Gasteiger partial charge in [-0.1, -0.05) is 0 Å². The fourth-order valence-corrected chi connectivity index (χ4v) is 1.76. The van der Waals surface area contributed by atoms with Crippen molar-refractivity contribution in [3.8, 4) is 11.5 Å². The summed E-state index contributed by atoms with van der Waals surface area (Å²) >= 11 is 0. The average Bonchev–Trinajstić information content (AvgIpc) is 2.45. The monoisotopic (exact) mass is 297 g/mol. The number of methoxy groups -OCH3 is 2. The first-order chi connectivity index (χ1) is 9.99. The van der Waals surface area contributed by atoms with Crippen molar-refractivity contribution in [3.05, 3.63) is 23.8 Å². The molecule has 3 N–H and O–H groups in total. The van der Waals surface area contributed by atoms with Crippen molar-refractivity contribution >= 4 is 11.9 Å². The second-order valence-corrected chi connectivity index (χ2v) is 4.38. The van der Waals surface area contributed by atoms with Gasteiger partial charge in [0.2, 0.25) is 0 Å². The number of amides is 1. The molecule has 0 aliphatic carbocycles. The van der Waals surface area contributed by atoms with Crippen LogP contribution in [0.15, 0.2) is 18.2 Å². The standard InChI is InChI=1S/C14H19NO6/c1-20-7-3-4-11(14(18)19)15-13(17)10-6-5-9(21-2)8-12(10)16/h5-6,8,11,16H,3-4,7H2,1-2H3,(H,15,17)(H,18,19). The molecule has 116 valence electrons. The molecule has 1 aromatic carbocycles. The summed E-state index contributed by atoms with van der Waals surface area (Å²) in [5, 5.41) is 21.2. The van der Waals surface area contributed by atoms with E-state index in [0.717, 1.165) is 0 Å². The summed E-state index contributed by atoms with van der Waals surface area (Å²) in [6.45, 7) is 0.410. The number of aromatic hydroxyl groups is 1. The fourth-order valence-electron chi connectivity index (χ4n) is 1.76. The lowest BCUT2D eigenvalue weighted by Gasteiger charge is -2.15. The summed E-state index contributed by atoms with van der Waals surface area (Å²) in [6, 6.07) is 3.14. The number of aliphatic carboxylic acids is 1. The molecular formula is C14H19NO6. The van der Waals surface area contributed by atoms with Gasteiger partial charge in [-0.15, -0.1) is 0 Å². The number of carbonyl (C=O) groups excluding carboxylic acids is 1. The van der Waals surface area contributed by atoms with Crippen LogP contribution in [0, 0.1) is 0 Å². The Morgan fingerprint density at radius 3 is 2.57 bits per heavy atom. The van der Waals surface area contributed by atoms with Crippen molar-refractivity contribution in [2.45, 2.75) is 18.9 Å². The summed E-state index contributed by atoms with van der Waals surface area (Å²) in [4.78, 5) is 23.1. The van der Waals surface area contributed by atoms with E-state index in [4.69, 9.17) is 14.6 Å². The van der Waals surface area contributed by atoms with Gasteiger partial charge in [0, 0.05) is 19.8 Å². The maximum Gasteiger partial charge on any atom is 0.326 e. The number of rotatable bonds is 8. The van der Waals surface area contributed by atoms with Gasteiger partial charge < -0.3 is 25.0 Å². The zero-order valence-electron chi connectivity index (χ0n) is 12.0. The number of phenolic OH excluding ortho intramolecular Hbond substituents is 1. The van der Waals surface area contributed by atoms with Crippen LogP contribution in [0.3, 0.4) is 0 Å². The second-order valence-electron chi connectivity index (χ2n) is 4.38. The van der Waals surface area contributed by atoms with Gasteiger partial charge in [0.25, 0.3) is 5.91 Å². The molecule has 1 aromatic rings. The predicted octanol–water partition coefficient (Wildman–Crippen LogP) is 1.01. The lowest BCUT2D eigenvalue weighted by atomic mass is 10.1. The highest BCUT2D eigenvalue weighted by Gasteiger charge is 2.21. The Labute approximate surface area is 122 Å². The predicted molar refractivity (Wildman–Crippen MR) is 74.7 cm³/mol. The van der Waals surface area contributed by atoms with Crippen molar-refractivity contribution in [1.29, 1.82) is 0 Å². The fraction of sp³-hybridized carbons (Fsp3) is 0.429. The van der Waals surface area contributed by atoms with E-state index in [1.54, 1.807) is 0 Å². The van der Waals surface area contributed by atoms with Crippen molar-refractivity contribution in [1.82, 2.24) is 5.32 Å². The lowest BCUT2D eigenvalue weighted by Crippen LogP contribution is -2.40. The van der Waals surface area contributed by atoms with Gasteiger partial charge in [0.1, 0.15) is 17.5 Å². The van der Waals surface area contributed by atoms with Gasteiger partial charge in [0.05, 0.1) is 12.7 Å². The Hall–Kier alpha value is -2.28. The molecule has 0 saturated heterocycles. The van der Waals surface area contributed by atoms with Gasteiger partial charge in [-0.05, 0) is 25.0 Å². The van der Waals surface area contributed by atoms with Crippen molar-refractivity contribution in [3.63, 3.8) is 0 Å². The molecule has 0 radical (unpaired) electrons. The number of hydrogen-bond acceptors (Lipinski definition) is 5. The normalized spacial score (nSPS) is 11.7. The van der Waals surface area contributed by atoms with Crippen LogP contribution in [-0.4, -0.2) is 49.0 Å². The van der Waals surface area contributed by atoms with E-state index in [0.29, 0.717) is 18.8 Å². The van der Waals surface area contributed by atoms with E-state index >= 15 is 0 Å². The van der Waals surface area contributed by atoms with Crippen LogP contribution in [0.25, 0.3) is 0 Å². The van der Waals surface area contributed by atoms with Crippen LogP contribution in [0.1, 0.15) is 23.2 Å². The molecule has 0 aliphatic rings. The van der Waals surface area contributed by atoms with E-state index in [1.165, 1.54) is 32.4 Å². The third-order valence-electron chi connectivity index (χ3n) is 2.89. The topological polar surface area (TPSA) is 105 Å². The summed E-state index contributed by atoms with van der Waals surface area (Å²) in [5.41, 5.74) is -0.00575. The summed E-state index contributed by atoms with van der Waals surface area (Å²) in [5.74, 6) is -1.65. The van der Waals surface area contributed by atoms with Crippen LogP contribution in [0.5, 0.6) is 11.5 Å². The largest absolute Gasteiger partial charge is 0.507 e. The van der Waals surface area contributed by atoms with E-state index < -0.39 is 17.9 Å². The van der Waals surface area contributed by atoms with E-state index in [1.807, 2.05) is 0 Å². The second kappa shape index (κ2) is 8.11. The van der Waals surface area contributed by atoms with E-state index in [-0.39, 0.29) is 17.7 Å². The Bertz CT molecular complexity index is 502. The molecule has 0 fully saturated rings. The van der Waals surface area contributed by atoms with Crippen LogP contribution in [-0.2, 0) is 9.53 Å². The van der Waals surface area contributed by atoms with Crippen molar-refractivity contribution < 1.29 is 29.3 Å². The third kappa shape index (κ3) is 4.96. The van der Waals surface area contributed by atoms with Gasteiger partial charge in [-0.25, -0.2) is 4.79 Å². The minimum absolute atomic E-state index is 0.00575. The SMILES string of the molecule is COCCCC(NC(=O)c1ccc(OC)cc1O)C(=O)O. The molecule has 0 aromatic heterocycles. The summed E-state index contributed by atoms with van der Waals surface area (Å²) in [6.07, 6.45) is 0.744. The van der Waals surface area contributed by atoms with Gasteiger partial charge in [0.15, 0.2) is 0 Å². The third-order valence-corrected chi connectivity index (χ3v) is 2.89. The number of ether oxygens (including phenoxy) is 2. The maximum atomic E-state index is 12.0. The van der Waals surface area contributed by atoms with Crippen LogP contribution in [0.2, 0.25) is 0 Å². The van der Waals surface area contributed by atoms with E-state index in [2.05, 4.69) is 5.32 Å². The summed E-state index contributed by atoms with van der Waals surface area (Å²) in [7, 11) is 2.95. The zero-order chi connectivity index (χ0) is 15.8. The molecule has 21 heavy (non-hydrogen) atoms. The molecular weight excluding hydrogens is 278 g/mol. The summed E-state index contributed by atoms with van der Waals surface area (Å²) < 4.78 is 9.76. The van der Waals surface area contributed by atoms with E-state index in [9.17, 15) is 14.7 Å². The van der Waals surface area contributed by atoms with Crippen LogP contribution >= 0.6 is 0 Å². The highest BCUT2D eigenvalue weighted by molar-refractivity contribution is 5.99. The molecule has 0 spiro atoms. The molecule has 7 nitrogen and oxygen atoms in total. The molecule has 0 saturated carbocycles. The van der Waals surface area contributed by atoms with Crippen molar-refractivity contribution in [2.75, 3.05) is 20.8 Å². The smallest absolute Gasteiger partial charge is 0.326 e. The molecule has 1 unspecified atom stereocenters. The Morgan fingerprint density at radius 2 is 2.05 bits per heavy atom. The average molecular weight is 297 g/mol.